The molecule has 0 saturated carbocycles. The van der Waals surface area contributed by atoms with Crippen molar-refractivity contribution in [2.24, 2.45) is 11.3 Å². The summed E-state index contributed by atoms with van der Waals surface area (Å²) in [5.41, 5.74) is 0.514. The lowest BCUT2D eigenvalue weighted by Gasteiger charge is -2.39. The summed E-state index contributed by atoms with van der Waals surface area (Å²) in [5.74, 6) is 0.861. The highest BCUT2D eigenvalue weighted by atomic mass is 16.5. The molecule has 0 aromatic carbocycles. The number of hydrogen-bond acceptors (Lipinski definition) is 1. The highest BCUT2D eigenvalue weighted by molar-refractivity contribution is 6.35. The van der Waals surface area contributed by atoms with Gasteiger partial charge in [0.15, 0.2) is 0 Å². The van der Waals surface area contributed by atoms with E-state index in [9.17, 15) is 0 Å². The minimum Gasteiger partial charge on any atom is -0.391 e. The molecule has 0 fully saturated rings. The molecule has 0 bridgehead atoms. The molecule has 0 aromatic rings. The first-order valence-electron chi connectivity index (χ1n) is 7.10. The second kappa shape index (κ2) is 9.10. The van der Waals surface area contributed by atoms with E-state index in [-0.39, 0.29) is 0 Å². The van der Waals surface area contributed by atoms with Crippen molar-refractivity contribution in [3.63, 3.8) is 0 Å². The summed E-state index contributed by atoms with van der Waals surface area (Å²) >= 11 is 0. The van der Waals surface area contributed by atoms with Crippen molar-refractivity contribution in [3.05, 3.63) is 0 Å². The van der Waals surface area contributed by atoms with E-state index >= 15 is 0 Å². The van der Waals surface area contributed by atoms with E-state index in [2.05, 4.69) is 41.9 Å². The van der Waals surface area contributed by atoms with Crippen molar-refractivity contribution in [1.82, 2.24) is 0 Å². The molecule has 0 N–H and O–H groups in total. The van der Waals surface area contributed by atoms with Crippen LogP contribution in [0.2, 0.25) is 6.32 Å². The molecule has 0 aliphatic heterocycles. The summed E-state index contributed by atoms with van der Waals surface area (Å²) in [4.78, 5) is 0. The molecule has 16 heavy (non-hydrogen) atoms. The van der Waals surface area contributed by atoms with Crippen LogP contribution in [-0.2, 0) is 4.74 Å². The van der Waals surface area contributed by atoms with Crippen LogP contribution >= 0.6 is 0 Å². The zero-order valence-electron chi connectivity index (χ0n) is 12.0. The van der Waals surface area contributed by atoms with Gasteiger partial charge in [-0.25, -0.2) is 0 Å². The highest BCUT2D eigenvalue weighted by Crippen LogP contribution is 2.42. The Morgan fingerprint density at radius 3 is 1.94 bits per heavy atom. The lowest BCUT2D eigenvalue weighted by molar-refractivity contribution is 0.152. The fourth-order valence-corrected chi connectivity index (χ4v) is 2.98. The van der Waals surface area contributed by atoms with E-state index in [1.54, 1.807) is 0 Å². The molecule has 0 unspecified atom stereocenters. The largest absolute Gasteiger partial charge is 0.391 e. The van der Waals surface area contributed by atoms with Crippen LogP contribution in [0.5, 0.6) is 0 Å². The first-order valence-corrected chi connectivity index (χ1v) is 7.10. The fourth-order valence-electron chi connectivity index (χ4n) is 2.98. The van der Waals surface area contributed by atoms with Crippen LogP contribution < -0.4 is 0 Å². The van der Waals surface area contributed by atoms with Gasteiger partial charge in [-0.15, -0.1) is 0 Å². The Hall–Kier alpha value is 0.0249. The molecule has 0 amide bonds. The van der Waals surface area contributed by atoms with Crippen LogP contribution in [0.4, 0.5) is 0 Å². The summed E-state index contributed by atoms with van der Waals surface area (Å²) in [6.07, 6.45) is 6.41. The van der Waals surface area contributed by atoms with Crippen molar-refractivity contribution in [3.8, 4) is 0 Å². The zero-order valence-corrected chi connectivity index (χ0v) is 12.0. The van der Waals surface area contributed by atoms with Crippen LogP contribution in [0.15, 0.2) is 0 Å². The van der Waals surface area contributed by atoms with Crippen LogP contribution in [0.1, 0.15) is 60.3 Å². The molecule has 0 aliphatic carbocycles. The summed E-state index contributed by atoms with van der Waals surface area (Å²) in [7, 11) is 2.34. The highest BCUT2D eigenvalue weighted by Gasteiger charge is 2.32. The maximum Gasteiger partial charge on any atom is 0.145 e. The van der Waals surface area contributed by atoms with Gasteiger partial charge in [0.1, 0.15) is 7.28 Å². The molecule has 1 radical (unpaired) electrons. The summed E-state index contributed by atoms with van der Waals surface area (Å²) in [6.45, 7) is 13.0. The third-order valence-electron chi connectivity index (χ3n) is 4.25. The SMILES string of the molecule is CCOC[B]CC(CC)(CC)C(CC)CC. The van der Waals surface area contributed by atoms with Gasteiger partial charge in [0.2, 0.25) is 0 Å². The predicted octanol–water partition coefficient (Wildman–Crippen LogP) is 4.35. The van der Waals surface area contributed by atoms with E-state index in [0.29, 0.717) is 5.41 Å². The van der Waals surface area contributed by atoms with Crippen LogP contribution in [0.3, 0.4) is 0 Å². The predicted molar refractivity (Wildman–Crippen MR) is 74.1 cm³/mol. The van der Waals surface area contributed by atoms with Crippen molar-refractivity contribution in [2.75, 3.05) is 13.1 Å². The van der Waals surface area contributed by atoms with Gasteiger partial charge in [0.05, 0.1) is 0 Å². The second-order valence-corrected chi connectivity index (χ2v) is 4.74. The lowest BCUT2D eigenvalue weighted by Crippen LogP contribution is -2.31. The van der Waals surface area contributed by atoms with Crippen molar-refractivity contribution in [1.29, 1.82) is 0 Å². The molecule has 0 spiro atoms. The summed E-state index contributed by atoms with van der Waals surface area (Å²) < 4.78 is 5.41. The Kier molecular flexibility index (Phi) is 9.11. The van der Waals surface area contributed by atoms with Gasteiger partial charge in [-0.3, -0.25) is 0 Å². The van der Waals surface area contributed by atoms with Gasteiger partial charge >= 0.3 is 0 Å². The first-order chi connectivity index (χ1) is 7.70. The molecule has 0 atom stereocenters. The number of ether oxygens (including phenoxy) is 1. The third kappa shape index (κ3) is 4.49. The van der Waals surface area contributed by atoms with Crippen LogP contribution in [-0.4, -0.2) is 20.4 Å². The van der Waals surface area contributed by atoms with Gasteiger partial charge < -0.3 is 4.74 Å². The summed E-state index contributed by atoms with van der Waals surface area (Å²) in [6, 6.07) is 0. The third-order valence-corrected chi connectivity index (χ3v) is 4.25. The molecular formula is C14H30BO. The van der Waals surface area contributed by atoms with Gasteiger partial charge in [-0.05, 0) is 18.3 Å². The molecule has 0 rings (SSSR count). The van der Waals surface area contributed by atoms with E-state index < -0.39 is 0 Å². The van der Waals surface area contributed by atoms with E-state index in [1.165, 1.54) is 32.0 Å². The van der Waals surface area contributed by atoms with E-state index in [0.717, 1.165) is 19.0 Å². The Bertz CT molecular complexity index is 151. The van der Waals surface area contributed by atoms with E-state index in [4.69, 9.17) is 4.74 Å². The molecule has 0 saturated heterocycles. The number of hydrogen-bond donors (Lipinski definition) is 0. The zero-order chi connectivity index (χ0) is 12.4. The quantitative estimate of drug-likeness (QED) is 0.397. The normalized spacial score (nSPS) is 12.1. The van der Waals surface area contributed by atoms with Crippen LogP contribution in [0, 0.1) is 11.3 Å². The van der Waals surface area contributed by atoms with Gasteiger partial charge in [-0.2, -0.15) is 0 Å². The number of rotatable bonds is 10. The van der Waals surface area contributed by atoms with Crippen molar-refractivity contribution < 1.29 is 4.74 Å². The van der Waals surface area contributed by atoms with E-state index in [1.807, 2.05) is 0 Å². The molecule has 95 valence electrons. The molecular weight excluding hydrogens is 195 g/mol. The lowest BCUT2D eigenvalue weighted by atomic mass is 9.56. The minimum atomic E-state index is 0.514. The average Bonchev–Trinajstić information content (AvgIpc) is 2.33. The molecule has 0 aromatic heterocycles. The standard InChI is InChI=1S/C14H30BO/c1-6-13(7-2)14(8-3,9-4)11-15-12-16-10-5/h13H,6-12H2,1-5H3. The second-order valence-electron chi connectivity index (χ2n) is 4.74. The van der Waals surface area contributed by atoms with Gasteiger partial charge in [-0.1, -0.05) is 59.7 Å². The van der Waals surface area contributed by atoms with Crippen molar-refractivity contribution >= 4 is 7.28 Å². The fraction of sp³-hybridized carbons (Fsp3) is 1.00. The smallest absolute Gasteiger partial charge is 0.145 e. The molecule has 2 heteroatoms. The Morgan fingerprint density at radius 2 is 1.56 bits per heavy atom. The Labute approximate surface area is 104 Å². The monoisotopic (exact) mass is 225 g/mol. The first kappa shape index (κ1) is 16.0. The topological polar surface area (TPSA) is 9.23 Å². The Balaban J connectivity index is 4.30. The maximum atomic E-state index is 5.41. The molecule has 0 aliphatic rings. The Morgan fingerprint density at radius 1 is 1.00 bits per heavy atom. The average molecular weight is 225 g/mol. The molecule has 1 nitrogen and oxygen atoms in total. The van der Waals surface area contributed by atoms with Crippen LogP contribution in [0.25, 0.3) is 0 Å². The van der Waals surface area contributed by atoms with Gasteiger partial charge in [0, 0.05) is 13.1 Å². The minimum absolute atomic E-state index is 0.514. The van der Waals surface area contributed by atoms with Crippen molar-refractivity contribution in [2.45, 2.75) is 66.6 Å². The maximum absolute atomic E-state index is 5.41. The molecule has 0 heterocycles. The summed E-state index contributed by atoms with van der Waals surface area (Å²) in [5, 5.41) is 0. The van der Waals surface area contributed by atoms with Gasteiger partial charge in [0.25, 0.3) is 0 Å².